The molecule has 1 rings (SSSR count). The van der Waals surface area contributed by atoms with E-state index >= 15 is 0 Å². The number of rotatable bonds is 3. The Kier molecular flexibility index (Phi) is 4.18. The molecule has 0 unspecified atom stereocenters. The molecular formula is C11H11ClO3. The summed E-state index contributed by atoms with van der Waals surface area (Å²) in [6.07, 6.45) is 1.63. The van der Waals surface area contributed by atoms with E-state index in [1.54, 1.807) is 13.0 Å². The van der Waals surface area contributed by atoms with Crippen molar-refractivity contribution in [3.05, 3.63) is 41.7 Å². The number of hydrogen-bond acceptors (Lipinski definition) is 3. The fraction of sp³-hybridized carbons (Fsp3) is 0.182. The van der Waals surface area contributed by atoms with Gasteiger partial charge in [-0.1, -0.05) is 0 Å². The maximum atomic E-state index is 11.5. The summed E-state index contributed by atoms with van der Waals surface area (Å²) in [5, 5.41) is 9.03. The smallest absolute Gasteiger partial charge is 0.343 e. The van der Waals surface area contributed by atoms with Crippen molar-refractivity contribution in [3.8, 4) is 5.75 Å². The summed E-state index contributed by atoms with van der Waals surface area (Å²) in [6.45, 7) is 1.74. The Balaban J connectivity index is 2.73. The summed E-state index contributed by atoms with van der Waals surface area (Å²) < 4.78 is 4.98. The van der Waals surface area contributed by atoms with E-state index in [0.717, 1.165) is 0 Å². The molecule has 15 heavy (non-hydrogen) atoms. The van der Waals surface area contributed by atoms with E-state index in [4.69, 9.17) is 21.4 Å². The van der Waals surface area contributed by atoms with Crippen LogP contribution in [0.5, 0.6) is 5.75 Å². The van der Waals surface area contributed by atoms with Crippen molar-refractivity contribution in [2.45, 2.75) is 6.92 Å². The van der Waals surface area contributed by atoms with E-state index in [9.17, 15) is 4.79 Å². The summed E-state index contributed by atoms with van der Waals surface area (Å²) in [5.41, 5.74) is 0.372. The zero-order valence-corrected chi connectivity index (χ0v) is 8.99. The molecule has 80 valence electrons. The van der Waals surface area contributed by atoms with Gasteiger partial charge in [0, 0.05) is 0 Å². The minimum atomic E-state index is -0.483. The molecule has 0 aliphatic carbocycles. The van der Waals surface area contributed by atoms with Gasteiger partial charge < -0.3 is 9.84 Å². The number of carbonyl (C=O) groups excluding carboxylic acids is 1. The largest absolute Gasteiger partial charge is 0.508 e. The fourth-order valence-corrected chi connectivity index (χ4v) is 1.15. The number of benzene rings is 1. The first-order valence-corrected chi connectivity index (χ1v) is 4.93. The normalized spacial score (nSPS) is 11.2. The van der Waals surface area contributed by atoms with Crippen molar-refractivity contribution in [2.24, 2.45) is 0 Å². The molecule has 0 heterocycles. The highest BCUT2D eigenvalue weighted by Crippen LogP contribution is 2.12. The zero-order chi connectivity index (χ0) is 11.3. The lowest BCUT2D eigenvalue weighted by Gasteiger charge is -2.05. The van der Waals surface area contributed by atoms with Gasteiger partial charge in [-0.05, 0) is 37.3 Å². The number of carbonyl (C=O) groups is 1. The Hall–Kier alpha value is -1.48. The second-order valence-corrected chi connectivity index (χ2v) is 3.09. The predicted molar refractivity (Wildman–Crippen MR) is 58.0 cm³/mol. The van der Waals surface area contributed by atoms with Crippen molar-refractivity contribution >= 4 is 17.6 Å². The van der Waals surface area contributed by atoms with Crippen LogP contribution in [0.15, 0.2) is 36.1 Å². The van der Waals surface area contributed by atoms with Crippen LogP contribution in [0, 0.1) is 0 Å². The van der Waals surface area contributed by atoms with Crippen molar-refractivity contribution in [1.29, 1.82) is 0 Å². The van der Waals surface area contributed by atoms with Crippen LogP contribution >= 0.6 is 11.6 Å². The van der Waals surface area contributed by atoms with E-state index in [1.807, 2.05) is 0 Å². The first-order valence-electron chi connectivity index (χ1n) is 4.39. The molecule has 0 amide bonds. The number of ether oxygens (including phenoxy) is 1. The highest BCUT2D eigenvalue weighted by molar-refractivity contribution is 6.19. The monoisotopic (exact) mass is 226 g/mol. The van der Waals surface area contributed by atoms with Crippen molar-refractivity contribution in [1.82, 2.24) is 0 Å². The summed E-state index contributed by atoms with van der Waals surface area (Å²) in [4.78, 5) is 11.5. The van der Waals surface area contributed by atoms with Crippen molar-refractivity contribution in [3.63, 3.8) is 0 Å². The van der Waals surface area contributed by atoms with Crippen LogP contribution < -0.4 is 0 Å². The summed E-state index contributed by atoms with van der Waals surface area (Å²) in [5.74, 6) is 0.189. The first kappa shape index (κ1) is 11.6. The third-order valence-electron chi connectivity index (χ3n) is 1.78. The minimum Gasteiger partial charge on any atom is -0.508 e. The molecule has 0 saturated carbocycles. The second-order valence-electron chi connectivity index (χ2n) is 2.83. The maximum absolute atomic E-state index is 11.5. The number of allylic oxidation sites excluding steroid dienone is 2. The minimum absolute atomic E-state index is 0.107. The standard InChI is InChI=1S/C11H11ClO3/c1-2-10(7-12)15-11(14)8-3-5-9(13)6-4-8/h2-6,13H,7H2,1H3. The lowest BCUT2D eigenvalue weighted by Crippen LogP contribution is -2.05. The van der Waals surface area contributed by atoms with Gasteiger partial charge in [-0.2, -0.15) is 0 Å². The van der Waals surface area contributed by atoms with Gasteiger partial charge in [0.2, 0.25) is 0 Å². The summed E-state index contributed by atoms with van der Waals surface area (Å²) in [6, 6.07) is 5.82. The molecule has 0 aliphatic rings. The Morgan fingerprint density at radius 1 is 1.47 bits per heavy atom. The highest BCUT2D eigenvalue weighted by atomic mass is 35.5. The third kappa shape index (κ3) is 3.29. The fourth-order valence-electron chi connectivity index (χ4n) is 0.939. The molecule has 0 saturated heterocycles. The first-order chi connectivity index (χ1) is 7.17. The van der Waals surface area contributed by atoms with Crippen LogP contribution in [0.4, 0.5) is 0 Å². The van der Waals surface area contributed by atoms with E-state index in [0.29, 0.717) is 11.3 Å². The van der Waals surface area contributed by atoms with E-state index in [2.05, 4.69) is 0 Å². The highest BCUT2D eigenvalue weighted by Gasteiger charge is 2.08. The zero-order valence-electron chi connectivity index (χ0n) is 8.24. The summed E-state index contributed by atoms with van der Waals surface area (Å²) in [7, 11) is 0. The molecule has 3 nitrogen and oxygen atoms in total. The van der Waals surface area contributed by atoms with E-state index in [-0.39, 0.29) is 11.6 Å². The van der Waals surface area contributed by atoms with E-state index in [1.165, 1.54) is 24.3 Å². The molecule has 0 atom stereocenters. The van der Waals surface area contributed by atoms with Gasteiger partial charge >= 0.3 is 5.97 Å². The number of hydrogen-bond donors (Lipinski definition) is 1. The van der Waals surface area contributed by atoms with Gasteiger partial charge in [-0.3, -0.25) is 0 Å². The van der Waals surface area contributed by atoms with E-state index < -0.39 is 5.97 Å². The number of phenolic OH excluding ortho intramolecular Hbond substituents is 1. The Morgan fingerprint density at radius 2 is 2.07 bits per heavy atom. The average Bonchev–Trinajstić information content (AvgIpc) is 2.26. The van der Waals surface area contributed by atoms with Gasteiger partial charge in [0.25, 0.3) is 0 Å². The van der Waals surface area contributed by atoms with Gasteiger partial charge in [0.1, 0.15) is 11.5 Å². The Labute approximate surface area is 92.9 Å². The molecule has 1 aromatic carbocycles. The van der Waals surface area contributed by atoms with Crippen molar-refractivity contribution in [2.75, 3.05) is 5.88 Å². The molecule has 0 fully saturated rings. The van der Waals surface area contributed by atoms with Gasteiger partial charge in [0.15, 0.2) is 0 Å². The van der Waals surface area contributed by atoms with Gasteiger partial charge in [0.05, 0.1) is 11.4 Å². The lowest BCUT2D eigenvalue weighted by molar-refractivity contribution is 0.0627. The van der Waals surface area contributed by atoms with Crippen LogP contribution in [-0.4, -0.2) is 17.0 Å². The van der Waals surface area contributed by atoms with Gasteiger partial charge in [-0.15, -0.1) is 11.6 Å². The van der Waals surface area contributed by atoms with Crippen LogP contribution in [0.1, 0.15) is 17.3 Å². The predicted octanol–water partition coefficient (Wildman–Crippen LogP) is 2.69. The Bertz CT molecular complexity index is 368. The SMILES string of the molecule is CC=C(CCl)OC(=O)c1ccc(O)cc1. The molecule has 0 aliphatic heterocycles. The number of aromatic hydroxyl groups is 1. The molecule has 1 aromatic rings. The van der Waals surface area contributed by atoms with Crippen LogP contribution in [-0.2, 0) is 4.74 Å². The van der Waals surface area contributed by atoms with Crippen LogP contribution in [0.2, 0.25) is 0 Å². The van der Waals surface area contributed by atoms with Crippen LogP contribution in [0.3, 0.4) is 0 Å². The molecule has 1 N–H and O–H groups in total. The Morgan fingerprint density at radius 3 is 2.53 bits per heavy atom. The topological polar surface area (TPSA) is 46.5 Å². The number of phenols is 1. The van der Waals surface area contributed by atoms with Crippen molar-refractivity contribution < 1.29 is 14.6 Å². The van der Waals surface area contributed by atoms with Gasteiger partial charge in [-0.25, -0.2) is 4.79 Å². The molecule has 4 heteroatoms. The molecular weight excluding hydrogens is 216 g/mol. The third-order valence-corrected chi connectivity index (χ3v) is 2.04. The number of esters is 1. The quantitative estimate of drug-likeness (QED) is 0.490. The molecule has 0 aromatic heterocycles. The second kappa shape index (κ2) is 5.41. The molecule has 0 spiro atoms. The lowest BCUT2D eigenvalue weighted by atomic mass is 10.2. The molecule has 0 radical (unpaired) electrons. The summed E-state index contributed by atoms with van der Waals surface area (Å²) >= 11 is 5.54. The maximum Gasteiger partial charge on any atom is 0.343 e. The number of halogens is 1. The molecule has 0 bridgehead atoms. The number of alkyl halides is 1. The van der Waals surface area contributed by atoms with Crippen LogP contribution in [0.25, 0.3) is 0 Å². The average molecular weight is 227 g/mol.